The maximum absolute atomic E-state index is 2.83. The van der Waals surface area contributed by atoms with Crippen LogP contribution in [0.25, 0.3) is 10.7 Å². The van der Waals surface area contributed by atoms with Crippen LogP contribution >= 0.6 is 0 Å². The van der Waals surface area contributed by atoms with Crippen LogP contribution in [0.3, 0.4) is 0 Å². The van der Waals surface area contributed by atoms with Crippen LogP contribution in [0.2, 0.25) is 13.1 Å². The molecule has 0 bridgehead atoms. The number of fused-ring (bicyclic) bond motifs is 9. The highest BCUT2D eigenvalue weighted by Gasteiger charge is 2.62. The molecule has 0 radical (unpaired) electrons. The molecule has 8 rings (SSSR count). The third-order valence-electron chi connectivity index (χ3n) is 10.4. The van der Waals surface area contributed by atoms with Gasteiger partial charge in [0.2, 0.25) is 6.71 Å². The van der Waals surface area contributed by atoms with E-state index in [0.29, 0.717) is 6.71 Å². The van der Waals surface area contributed by atoms with Gasteiger partial charge in [0.15, 0.2) is 0 Å². The molecule has 0 spiro atoms. The van der Waals surface area contributed by atoms with Crippen LogP contribution in [0.15, 0.2) is 60.7 Å². The van der Waals surface area contributed by atoms with Gasteiger partial charge in [0.1, 0.15) is 8.07 Å². The summed E-state index contributed by atoms with van der Waals surface area (Å²) in [6, 6.07) is 23.9. The molecule has 162 valence electrons. The van der Waals surface area contributed by atoms with E-state index in [0.717, 1.165) is 0 Å². The second-order valence-electron chi connectivity index (χ2n) is 12.0. The molecule has 0 saturated heterocycles. The molecule has 1 saturated carbocycles. The number of hydrogen-bond donors (Lipinski definition) is 0. The van der Waals surface area contributed by atoms with Crippen molar-refractivity contribution in [3.05, 3.63) is 77.4 Å². The van der Waals surface area contributed by atoms with Crippen LogP contribution in [-0.2, 0) is 5.41 Å². The molecular weight excluding hydrogens is 413 g/mol. The van der Waals surface area contributed by atoms with Gasteiger partial charge in [-0.05, 0) is 58.6 Å². The Morgan fingerprint density at radius 2 is 1.61 bits per heavy atom. The minimum atomic E-state index is -1.74. The van der Waals surface area contributed by atoms with E-state index < -0.39 is 8.07 Å². The standard InChI is InChI=1S/C30H30BNSi/c1-29-17-7-8-18-30(29,2)32-23-15-9-12-20-25(23)31(22-14-10-13-21(29)27(22)32)26-19-11-5-6-16-24(19)33(3,4)28(20)26/h5-6,9-16H,7-8,17-18H2,1-4H3. The zero-order valence-corrected chi connectivity index (χ0v) is 21.1. The Morgan fingerprint density at radius 3 is 2.48 bits per heavy atom. The fourth-order valence-electron chi connectivity index (χ4n) is 8.77. The minimum absolute atomic E-state index is 0.154. The SMILES string of the molecule is CC12CCCCC1(C)N1c3cccc4c3B(C3=C4[Si](C)(C)c4ccccc43)c3cccc2c31. The second-order valence-corrected chi connectivity index (χ2v) is 16.3. The van der Waals surface area contributed by atoms with Crippen molar-refractivity contribution in [3.63, 3.8) is 0 Å². The van der Waals surface area contributed by atoms with Crippen molar-refractivity contribution in [1.29, 1.82) is 0 Å². The largest absolute Gasteiger partial charge is 0.335 e. The van der Waals surface area contributed by atoms with Gasteiger partial charge in [0.25, 0.3) is 0 Å². The van der Waals surface area contributed by atoms with Crippen molar-refractivity contribution in [2.24, 2.45) is 0 Å². The van der Waals surface area contributed by atoms with Gasteiger partial charge < -0.3 is 4.90 Å². The molecule has 2 unspecified atom stereocenters. The van der Waals surface area contributed by atoms with Crippen LogP contribution in [0, 0.1) is 0 Å². The van der Waals surface area contributed by atoms with E-state index in [1.54, 1.807) is 43.6 Å². The van der Waals surface area contributed by atoms with Gasteiger partial charge in [-0.15, -0.1) is 0 Å². The van der Waals surface area contributed by atoms with Crippen LogP contribution in [0.4, 0.5) is 11.4 Å². The molecule has 0 amide bonds. The first-order chi connectivity index (χ1) is 15.9. The molecule has 1 nitrogen and oxygen atoms in total. The second kappa shape index (κ2) is 5.58. The molecule has 33 heavy (non-hydrogen) atoms. The average molecular weight is 443 g/mol. The van der Waals surface area contributed by atoms with Gasteiger partial charge >= 0.3 is 0 Å². The molecule has 4 heterocycles. The van der Waals surface area contributed by atoms with Crippen LogP contribution < -0.4 is 21.0 Å². The predicted octanol–water partition coefficient (Wildman–Crippen LogP) is 5.28. The molecule has 2 atom stereocenters. The summed E-state index contributed by atoms with van der Waals surface area (Å²) in [6.07, 6.45) is 5.27. The fourth-order valence-corrected chi connectivity index (χ4v) is 12.3. The summed E-state index contributed by atoms with van der Waals surface area (Å²) in [5.74, 6) is 0. The molecule has 3 aromatic carbocycles. The number of nitrogens with zero attached hydrogens (tertiary/aromatic N) is 1. The summed E-state index contributed by atoms with van der Waals surface area (Å²) < 4.78 is 0. The first-order valence-corrected chi connectivity index (χ1v) is 15.8. The van der Waals surface area contributed by atoms with Gasteiger partial charge in [-0.3, -0.25) is 0 Å². The van der Waals surface area contributed by atoms with Crippen molar-refractivity contribution in [2.75, 3.05) is 4.90 Å². The van der Waals surface area contributed by atoms with Crippen LogP contribution in [0.1, 0.15) is 56.2 Å². The molecule has 0 N–H and O–H groups in total. The van der Waals surface area contributed by atoms with Crippen molar-refractivity contribution >= 4 is 52.9 Å². The summed E-state index contributed by atoms with van der Waals surface area (Å²) >= 11 is 0. The van der Waals surface area contributed by atoms with E-state index >= 15 is 0 Å². The Bertz CT molecular complexity index is 1450. The van der Waals surface area contributed by atoms with Crippen LogP contribution in [0.5, 0.6) is 0 Å². The zero-order valence-electron chi connectivity index (χ0n) is 20.1. The van der Waals surface area contributed by atoms with Crippen molar-refractivity contribution in [1.82, 2.24) is 0 Å². The molecular formula is C30H30BNSi. The molecule has 4 aliphatic heterocycles. The molecule has 3 heteroatoms. The first kappa shape index (κ1) is 18.9. The Morgan fingerprint density at radius 1 is 0.848 bits per heavy atom. The van der Waals surface area contributed by atoms with Gasteiger partial charge in [-0.2, -0.15) is 0 Å². The van der Waals surface area contributed by atoms with E-state index in [1.165, 1.54) is 36.9 Å². The Kier molecular flexibility index (Phi) is 3.19. The number of para-hydroxylation sites is 1. The lowest BCUT2D eigenvalue weighted by molar-refractivity contribution is 0.195. The highest BCUT2D eigenvalue weighted by atomic mass is 28.3. The van der Waals surface area contributed by atoms with Crippen molar-refractivity contribution in [3.8, 4) is 0 Å². The molecule has 1 aliphatic carbocycles. The normalized spacial score (nSPS) is 29.0. The van der Waals surface area contributed by atoms with E-state index in [-0.39, 0.29) is 11.0 Å². The monoisotopic (exact) mass is 443 g/mol. The van der Waals surface area contributed by atoms with E-state index in [1.807, 2.05) is 0 Å². The lowest BCUT2D eigenvalue weighted by Gasteiger charge is -2.51. The molecule has 5 aliphatic rings. The number of rotatable bonds is 0. The van der Waals surface area contributed by atoms with Gasteiger partial charge in [-0.1, -0.05) is 98.1 Å². The molecule has 0 aromatic heterocycles. The maximum Gasteiger partial charge on any atom is 0.248 e. The molecule has 3 aromatic rings. The predicted molar refractivity (Wildman–Crippen MR) is 145 cm³/mol. The average Bonchev–Trinajstić information content (AvgIpc) is 3.36. The van der Waals surface area contributed by atoms with E-state index in [4.69, 9.17) is 0 Å². The Labute approximate surface area is 198 Å². The lowest BCUT2D eigenvalue weighted by Crippen LogP contribution is -2.59. The smallest absolute Gasteiger partial charge is 0.248 e. The topological polar surface area (TPSA) is 3.24 Å². The van der Waals surface area contributed by atoms with Gasteiger partial charge in [0, 0.05) is 16.8 Å². The first-order valence-electron chi connectivity index (χ1n) is 12.8. The quantitative estimate of drug-likeness (QED) is 0.427. The third-order valence-corrected chi connectivity index (χ3v) is 14.0. The highest BCUT2D eigenvalue weighted by Crippen LogP contribution is 2.62. The Balaban J connectivity index is 1.51. The van der Waals surface area contributed by atoms with Crippen LogP contribution in [-0.4, -0.2) is 20.3 Å². The Hall–Kier alpha value is -2.52. The van der Waals surface area contributed by atoms with Crippen molar-refractivity contribution in [2.45, 2.75) is 63.6 Å². The lowest BCUT2D eigenvalue weighted by atomic mass is 9.35. The number of anilines is 2. The van der Waals surface area contributed by atoms with E-state index in [2.05, 4.69) is 92.5 Å². The number of hydrogen-bond acceptors (Lipinski definition) is 1. The molecule has 1 fully saturated rings. The summed E-state index contributed by atoms with van der Waals surface area (Å²) in [5.41, 5.74) is 12.9. The fraction of sp³-hybridized carbons (Fsp3) is 0.333. The summed E-state index contributed by atoms with van der Waals surface area (Å²) in [7, 11) is -1.74. The highest BCUT2D eigenvalue weighted by molar-refractivity contribution is 7.18. The summed E-state index contributed by atoms with van der Waals surface area (Å²) in [5, 5.41) is 3.34. The summed E-state index contributed by atoms with van der Waals surface area (Å²) in [6.45, 7) is 10.7. The zero-order chi connectivity index (χ0) is 22.3. The van der Waals surface area contributed by atoms with E-state index in [9.17, 15) is 0 Å². The van der Waals surface area contributed by atoms with Crippen molar-refractivity contribution < 1.29 is 0 Å². The summed E-state index contributed by atoms with van der Waals surface area (Å²) in [4.78, 5) is 2.83. The number of benzene rings is 3. The van der Waals surface area contributed by atoms with Gasteiger partial charge in [-0.25, -0.2) is 0 Å². The third kappa shape index (κ3) is 1.82. The van der Waals surface area contributed by atoms with Gasteiger partial charge in [0.05, 0.1) is 5.54 Å². The maximum atomic E-state index is 2.83. The minimum Gasteiger partial charge on any atom is -0.335 e.